The molecule has 6 nitrogen and oxygen atoms in total. The van der Waals surface area contributed by atoms with Gasteiger partial charge in [-0.2, -0.15) is 18.3 Å². The topological polar surface area (TPSA) is 85.8 Å². The number of aryl methyl sites for hydroxylation is 1. The summed E-state index contributed by atoms with van der Waals surface area (Å²) in [7, 11) is 0. The number of benzene rings is 1. The number of nitrogen functional groups attached to an aromatic ring is 1. The fourth-order valence-corrected chi connectivity index (χ4v) is 2.69. The zero-order chi connectivity index (χ0) is 20.5. The molecule has 0 saturated heterocycles. The highest BCUT2D eigenvalue weighted by Crippen LogP contribution is 2.33. The molecule has 10 heteroatoms. The van der Waals surface area contributed by atoms with Crippen LogP contribution >= 0.6 is 11.6 Å². The highest BCUT2D eigenvalue weighted by Gasteiger charge is 2.35. The van der Waals surface area contributed by atoms with Gasteiger partial charge in [-0.3, -0.25) is 9.48 Å². The minimum atomic E-state index is -4.57. The van der Waals surface area contributed by atoms with Crippen molar-refractivity contribution in [2.75, 3.05) is 11.1 Å². The molecule has 0 unspecified atom stereocenters. The fraction of sp³-hybridized carbons (Fsp3) is 0.167. The molecule has 0 spiro atoms. The van der Waals surface area contributed by atoms with E-state index in [1.807, 2.05) is 0 Å². The van der Waals surface area contributed by atoms with E-state index in [9.17, 15) is 18.0 Å². The lowest BCUT2D eigenvalue weighted by molar-refractivity contribution is -0.141. The van der Waals surface area contributed by atoms with Crippen LogP contribution in [0.4, 0.5) is 24.8 Å². The number of halogens is 4. The Bertz CT molecular complexity index is 1020. The van der Waals surface area contributed by atoms with E-state index in [-0.39, 0.29) is 29.4 Å². The number of pyridine rings is 1. The van der Waals surface area contributed by atoms with E-state index in [0.29, 0.717) is 10.6 Å². The van der Waals surface area contributed by atoms with Crippen LogP contribution in [0.1, 0.15) is 23.0 Å². The second-order valence-electron chi connectivity index (χ2n) is 5.82. The van der Waals surface area contributed by atoms with Gasteiger partial charge in [0.25, 0.3) is 5.91 Å². The Labute approximate surface area is 163 Å². The van der Waals surface area contributed by atoms with Crippen LogP contribution in [-0.2, 0) is 12.7 Å². The summed E-state index contributed by atoms with van der Waals surface area (Å²) < 4.78 is 40.0. The van der Waals surface area contributed by atoms with E-state index >= 15 is 0 Å². The Morgan fingerprint density at radius 2 is 1.89 bits per heavy atom. The largest absolute Gasteiger partial charge is 0.435 e. The molecule has 3 aromatic rings. The van der Waals surface area contributed by atoms with Crippen molar-refractivity contribution in [1.82, 2.24) is 14.8 Å². The monoisotopic (exact) mass is 409 g/mol. The number of nitrogens with two attached hydrogens (primary N) is 1. The van der Waals surface area contributed by atoms with Crippen LogP contribution in [0.5, 0.6) is 0 Å². The Kier molecular flexibility index (Phi) is 5.28. The van der Waals surface area contributed by atoms with Crippen LogP contribution < -0.4 is 11.1 Å². The maximum Gasteiger partial charge on any atom is 0.435 e. The lowest BCUT2D eigenvalue weighted by Crippen LogP contribution is -2.13. The Hall–Kier alpha value is -3.07. The summed E-state index contributed by atoms with van der Waals surface area (Å²) in [6.45, 7) is 1.89. The number of carbonyl (C=O) groups excluding carboxylic acids is 1. The summed E-state index contributed by atoms with van der Waals surface area (Å²) in [4.78, 5) is 16.3. The first-order chi connectivity index (χ1) is 13.2. The van der Waals surface area contributed by atoms with E-state index in [1.54, 1.807) is 31.2 Å². The van der Waals surface area contributed by atoms with Crippen LogP contribution in [0.15, 0.2) is 42.5 Å². The molecular formula is C18H15ClF3N5O. The number of carbonyl (C=O) groups is 1. The van der Waals surface area contributed by atoms with Crippen LogP contribution in [0.3, 0.4) is 0 Å². The third-order valence-electron chi connectivity index (χ3n) is 3.92. The molecule has 146 valence electrons. The zero-order valence-electron chi connectivity index (χ0n) is 14.6. The van der Waals surface area contributed by atoms with Gasteiger partial charge in [0.2, 0.25) is 0 Å². The van der Waals surface area contributed by atoms with E-state index < -0.39 is 17.8 Å². The molecule has 2 heterocycles. The Morgan fingerprint density at radius 3 is 2.46 bits per heavy atom. The van der Waals surface area contributed by atoms with Gasteiger partial charge in [-0.15, -0.1) is 0 Å². The smallest absolute Gasteiger partial charge is 0.383 e. The molecule has 0 aliphatic heterocycles. The molecule has 1 amide bonds. The normalized spacial score (nSPS) is 11.5. The molecule has 2 aromatic heterocycles. The van der Waals surface area contributed by atoms with Gasteiger partial charge in [0.05, 0.1) is 5.69 Å². The first-order valence-electron chi connectivity index (χ1n) is 8.18. The molecule has 0 aliphatic rings. The quantitative estimate of drug-likeness (QED) is 0.665. The van der Waals surface area contributed by atoms with Crippen LogP contribution in [-0.4, -0.2) is 20.7 Å². The van der Waals surface area contributed by atoms with Gasteiger partial charge < -0.3 is 11.1 Å². The first kappa shape index (κ1) is 19.7. The average Bonchev–Trinajstić information content (AvgIpc) is 3.07. The van der Waals surface area contributed by atoms with Gasteiger partial charge in [0.15, 0.2) is 5.69 Å². The van der Waals surface area contributed by atoms with Crippen LogP contribution in [0, 0.1) is 0 Å². The fourth-order valence-electron chi connectivity index (χ4n) is 2.56. The summed E-state index contributed by atoms with van der Waals surface area (Å²) in [6.07, 6.45) is -4.57. The molecule has 0 aliphatic carbocycles. The number of hydrogen-bond acceptors (Lipinski definition) is 4. The summed E-state index contributed by atoms with van der Waals surface area (Å²) in [5, 5.41) is 6.64. The lowest BCUT2D eigenvalue weighted by atomic mass is 10.1. The van der Waals surface area contributed by atoms with Crippen molar-refractivity contribution < 1.29 is 18.0 Å². The summed E-state index contributed by atoms with van der Waals surface area (Å²) in [5.74, 6) is -0.286. The molecule has 0 bridgehead atoms. The minimum absolute atomic E-state index is 0.0303. The molecule has 0 atom stereocenters. The van der Waals surface area contributed by atoms with Crippen molar-refractivity contribution in [2.45, 2.75) is 19.6 Å². The van der Waals surface area contributed by atoms with E-state index in [4.69, 9.17) is 17.3 Å². The Morgan fingerprint density at radius 1 is 1.21 bits per heavy atom. The molecule has 0 radical (unpaired) electrons. The third kappa shape index (κ3) is 4.09. The molecule has 0 fully saturated rings. The standard InChI is InChI=1S/C18H15ClF3N5O/c1-2-27-13(9-14(26-27)18(20,21)22)12-7-8-15(24-16(12)23)25-17(28)10-3-5-11(19)6-4-10/h3-9H,2H2,1H3,(H3,23,24,25,28). The van der Waals surface area contributed by atoms with Crippen molar-refractivity contribution in [3.05, 3.63) is 58.7 Å². The number of aromatic nitrogens is 3. The number of rotatable bonds is 4. The van der Waals surface area contributed by atoms with Gasteiger partial charge in [0.1, 0.15) is 11.6 Å². The predicted molar refractivity (Wildman–Crippen MR) is 100.0 cm³/mol. The maximum absolute atomic E-state index is 12.9. The first-order valence-corrected chi connectivity index (χ1v) is 8.55. The van der Waals surface area contributed by atoms with E-state index in [0.717, 1.165) is 6.07 Å². The van der Waals surface area contributed by atoms with Crippen LogP contribution in [0.25, 0.3) is 11.3 Å². The predicted octanol–water partition coefficient (Wildman–Crippen LogP) is 4.47. The Balaban J connectivity index is 1.88. The minimum Gasteiger partial charge on any atom is -0.383 e. The van der Waals surface area contributed by atoms with Crippen molar-refractivity contribution in [3.8, 4) is 11.3 Å². The van der Waals surface area contributed by atoms with Crippen molar-refractivity contribution in [1.29, 1.82) is 0 Å². The number of nitrogens with one attached hydrogen (secondary N) is 1. The summed E-state index contributed by atoms with van der Waals surface area (Å²) in [5.41, 5.74) is 5.76. The molecular weight excluding hydrogens is 395 g/mol. The van der Waals surface area contributed by atoms with Gasteiger partial charge >= 0.3 is 6.18 Å². The van der Waals surface area contributed by atoms with E-state index in [1.165, 1.54) is 16.8 Å². The van der Waals surface area contributed by atoms with Gasteiger partial charge in [0, 0.05) is 22.7 Å². The van der Waals surface area contributed by atoms with Crippen molar-refractivity contribution >= 4 is 29.1 Å². The number of nitrogens with zero attached hydrogens (tertiary/aromatic N) is 3. The molecule has 3 rings (SSSR count). The third-order valence-corrected chi connectivity index (χ3v) is 4.17. The number of hydrogen-bond donors (Lipinski definition) is 2. The molecule has 28 heavy (non-hydrogen) atoms. The van der Waals surface area contributed by atoms with Gasteiger partial charge in [-0.05, 0) is 49.4 Å². The molecule has 3 N–H and O–H groups in total. The highest BCUT2D eigenvalue weighted by molar-refractivity contribution is 6.30. The lowest BCUT2D eigenvalue weighted by Gasteiger charge is -2.10. The maximum atomic E-state index is 12.9. The number of anilines is 2. The summed E-state index contributed by atoms with van der Waals surface area (Å²) in [6, 6.07) is 10.1. The highest BCUT2D eigenvalue weighted by atomic mass is 35.5. The van der Waals surface area contributed by atoms with Gasteiger partial charge in [-0.25, -0.2) is 4.98 Å². The number of amides is 1. The van der Waals surface area contributed by atoms with Crippen LogP contribution in [0.2, 0.25) is 5.02 Å². The SMILES string of the molecule is CCn1nc(C(F)(F)F)cc1-c1ccc(NC(=O)c2ccc(Cl)cc2)nc1N. The molecule has 1 aromatic carbocycles. The number of alkyl halides is 3. The summed E-state index contributed by atoms with van der Waals surface area (Å²) >= 11 is 5.79. The van der Waals surface area contributed by atoms with Gasteiger partial charge in [-0.1, -0.05) is 11.6 Å². The second kappa shape index (κ2) is 7.51. The average molecular weight is 410 g/mol. The zero-order valence-corrected chi connectivity index (χ0v) is 15.3. The second-order valence-corrected chi connectivity index (χ2v) is 6.26. The molecule has 0 saturated carbocycles. The van der Waals surface area contributed by atoms with Crippen molar-refractivity contribution in [2.24, 2.45) is 0 Å². The van der Waals surface area contributed by atoms with E-state index in [2.05, 4.69) is 15.4 Å². The van der Waals surface area contributed by atoms with Crippen molar-refractivity contribution in [3.63, 3.8) is 0 Å².